The highest BCUT2D eigenvalue weighted by Gasteiger charge is 2.20. The van der Waals surface area contributed by atoms with Crippen LogP contribution in [0.15, 0.2) is 11.2 Å². The number of hydrogen-bond donors (Lipinski definition) is 3. The molecule has 0 fully saturated rings. The first-order valence-electron chi connectivity index (χ1n) is 6.92. The van der Waals surface area contributed by atoms with E-state index in [9.17, 15) is 5.11 Å². The van der Waals surface area contributed by atoms with Gasteiger partial charge in [-0.2, -0.15) is 0 Å². The van der Waals surface area contributed by atoms with Crippen molar-refractivity contribution in [1.29, 1.82) is 0 Å². The summed E-state index contributed by atoms with van der Waals surface area (Å²) in [6.07, 6.45) is 3.75. The number of aryl methyl sites for hydroxylation is 2. The van der Waals surface area contributed by atoms with Crippen LogP contribution in [-0.2, 0) is 12.8 Å². The lowest BCUT2D eigenvalue weighted by molar-refractivity contribution is 0.201. The Labute approximate surface area is 118 Å². The molecule has 110 valence electrons. The van der Waals surface area contributed by atoms with E-state index in [4.69, 9.17) is 10.9 Å². The number of nitrogens with zero attached hydrogens (tertiary/aromatic N) is 3. The third-order valence-corrected chi connectivity index (χ3v) is 3.56. The van der Waals surface area contributed by atoms with Gasteiger partial charge in [-0.3, -0.25) is 0 Å². The topological polar surface area (TPSA) is 95.0 Å². The molecule has 0 saturated carbocycles. The Morgan fingerprint density at radius 3 is 2.85 bits per heavy atom. The maximum atomic E-state index is 9.53. The number of anilines is 1. The number of rotatable bonds is 4. The Kier molecular flexibility index (Phi) is 4.44. The van der Waals surface area contributed by atoms with E-state index in [0.29, 0.717) is 17.9 Å². The third-order valence-electron chi connectivity index (χ3n) is 3.56. The van der Waals surface area contributed by atoms with Gasteiger partial charge in [0.15, 0.2) is 5.84 Å². The van der Waals surface area contributed by atoms with E-state index in [1.54, 1.807) is 6.92 Å². The summed E-state index contributed by atoms with van der Waals surface area (Å²) in [5.41, 5.74) is 8.64. The Balaban J connectivity index is 2.46. The molecule has 1 aromatic heterocycles. The Bertz CT molecular complexity index is 514. The summed E-state index contributed by atoms with van der Waals surface area (Å²) in [6, 6.07) is 1.96. The van der Waals surface area contributed by atoms with Crippen molar-refractivity contribution < 1.29 is 10.3 Å². The summed E-state index contributed by atoms with van der Waals surface area (Å²) in [5.74, 6) is 0.708. The largest absolute Gasteiger partial charge is 0.409 e. The zero-order valence-electron chi connectivity index (χ0n) is 12.0. The average molecular weight is 278 g/mol. The smallest absolute Gasteiger partial charge is 0.173 e. The molecule has 0 aromatic carbocycles. The molecule has 1 aliphatic rings. The van der Waals surface area contributed by atoms with Crippen molar-refractivity contribution in [2.45, 2.75) is 38.7 Å². The number of likely N-dealkylation sites (N-methyl/N-ethyl adjacent to an activating group) is 1. The second-order valence-corrected chi connectivity index (χ2v) is 5.39. The van der Waals surface area contributed by atoms with Crippen LogP contribution in [0.1, 0.15) is 36.6 Å². The molecular weight excluding hydrogens is 256 g/mol. The zero-order chi connectivity index (χ0) is 14.7. The van der Waals surface area contributed by atoms with Crippen molar-refractivity contribution in [1.82, 2.24) is 4.98 Å². The van der Waals surface area contributed by atoms with Crippen LogP contribution in [0.5, 0.6) is 0 Å². The summed E-state index contributed by atoms with van der Waals surface area (Å²) < 4.78 is 0. The summed E-state index contributed by atoms with van der Waals surface area (Å²) in [4.78, 5) is 6.52. The minimum absolute atomic E-state index is 0.0540. The number of hydrogen-bond acceptors (Lipinski definition) is 5. The number of oxime groups is 1. The summed E-state index contributed by atoms with van der Waals surface area (Å²) >= 11 is 0. The van der Waals surface area contributed by atoms with Gasteiger partial charge >= 0.3 is 0 Å². The fraction of sp³-hybridized carbons (Fsp3) is 0.571. The van der Waals surface area contributed by atoms with E-state index in [0.717, 1.165) is 31.4 Å². The highest BCUT2D eigenvalue weighted by Crippen LogP contribution is 2.26. The molecule has 6 nitrogen and oxygen atoms in total. The van der Waals surface area contributed by atoms with Crippen molar-refractivity contribution in [3.05, 3.63) is 22.9 Å². The van der Waals surface area contributed by atoms with E-state index in [1.165, 1.54) is 5.56 Å². The van der Waals surface area contributed by atoms with Crippen molar-refractivity contribution in [3.8, 4) is 0 Å². The maximum Gasteiger partial charge on any atom is 0.173 e. The van der Waals surface area contributed by atoms with E-state index in [-0.39, 0.29) is 5.84 Å². The minimum Gasteiger partial charge on any atom is -0.409 e. The first kappa shape index (κ1) is 14.6. The van der Waals surface area contributed by atoms with Crippen LogP contribution in [0.2, 0.25) is 0 Å². The van der Waals surface area contributed by atoms with Crippen LogP contribution >= 0.6 is 0 Å². The number of aliphatic hydroxyl groups is 1. The van der Waals surface area contributed by atoms with Gasteiger partial charge in [0.2, 0.25) is 0 Å². The second kappa shape index (κ2) is 6.09. The first-order chi connectivity index (χ1) is 9.52. The molecule has 1 atom stereocenters. The zero-order valence-corrected chi connectivity index (χ0v) is 12.0. The van der Waals surface area contributed by atoms with Gasteiger partial charge in [-0.05, 0) is 44.2 Å². The van der Waals surface area contributed by atoms with Gasteiger partial charge in [-0.25, -0.2) is 4.98 Å². The molecular formula is C14H22N4O2. The first-order valence-corrected chi connectivity index (χ1v) is 6.92. The van der Waals surface area contributed by atoms with Crippen LogP contribution < -0.4 is 10.6 Å². The van der Waals surface area contributed by atoms with Crippen LogP contribution in [0.25, 0.3) is 0 Å². The van der Waals surface area contributed by atoms with E-state index >= 15 is 0 Å². The quantitative estimate of drug-likeness (QED) is 0.329. The third kappa shape index (κ3) is 3.01. The van der Waals surface area contributed by atoms with Crippen molar-refractivity contribution >= 4 is 11.7 Å². The van der Waals surface area contributed by atoms with E-state index in [1.807, 2.05) is 18.0 Å². The van der Waals surface area contributed by atoms with Crippen molar-refractivity contribution in [2.24, 2.45) is 10.9 Å². The van der Waals surface area contributed by atoms with E-state index in [2.05, 4.69) is 10.1 Å². The molecule has 2 rings (SSSR count). The number of nitrogens with two attached hydrogens (primary N) is 1. The Morgan fingerprint density at radius 1 is 1.50 bits per heavy atom. The molecule has 0 spiro atoms. The number of aromatic nitrogens is 1. The highest BCUT2D eigenvalue weighted by atomic mass is 16.4. The second-order valence-electron chi connectivity index (χ2n) is 5.39. The predicted molar refractivity (Wildman–Crippen MR) is 78.3 cm³/mol. The SMILES string of the molecule is CC(O)CN(C)c1nc2c(cc1C(N)=NO)CCCC2. The number of amidine groups is 1. The lowest BCUT2D eigenvalue weighted by Crippen LogP contribution is -2.31. The maximum absolute atomic E-state index is 9.53. The lowest BCUT2D eigenvalue weighted by atomic mass is 9.94. The Morgan fingerprint density at radius 2 is 2.20 bits per heavy atom. The number of pyridine rings is 1. The molecule has 20 heavy (non-hydrogen) atoms. The monoisotopic (exact) mass is 278 g/mol. The molecule has 0 aliphatic heterocycles. The van der Waals surface area contributed by atoms with Gasteiger partial charge in [-0.1, -0.05) is 5.16 Å². The van der Waals surface area contributed by atoms with Gasteiger partial charge in [0.05, 0.1) is 11.7 Å². The molecule has 0 saturated heterocycles. The molecule has 0 amide bonds. The van der Waals surface area contributed by atoms with Gasteiger partial charge < -0.3 is 20.9 Å². The van der Waals surface area contributed by atoms with Gasteiger partial charge in [0.1, 0.15) is 5.82 Å². The summed E-state index contributed by atoms with van der Waals surface area (Å²) in [5, 5.41) is 21.6. The van der Waals surface area contributed by atoms with Crippen LogP contribution in [0.4, 0.5) is 5.82 Å². The summed E-state index contributed by atoms with van der Waals surface area (Å²) in [7, 11) is 1.85. The minimum atomic E-state index is -0.474. The molecule has 1 aliphatic carbocycles. The van der Waals surface area contributed by atoms with Gasteiger partial charge in [0, 0.05) is 19.3 Å². The molecule has 6 heteroatoms. The van der Waals surface area contributed by atoms with Gasteiger partial charge in [0.25, 0.3) is 0 Å². The van der Waals surface area contributed by atoms with Crippen molar-refractivity contribution in [2.75, 3.05) is 18.5 Å². The molecule has 1 aromatic rings. The normalized spacial score (nSPS) is 16.6. The fourth-order valence-corrected chi connectivity index (χ4v) is 2.64. The number of fused-ring (bicyclic) bond motifs is 1. The van der Waals surface area contributed by atoms with E-state index < -0.39 is 6.10 Å². The van der Waals surface area contributed by atoms with Crippen LogP contribution in [0.3, 0.4) is 0 Å². The average Bonchev–Trinajstić information content (AvgIpc) is 2.44. The number of aliphatic hydroxyl groups excluding tert-OH is 1. The van der Waals surface area contributed by atoms with Gasteiger partial charge in [-0.15, -0.1) is 0 Å². The van der Waals surface area contributed by atoms with Crippen LogP contribution in [0, 0.1) is 0 Å². The van der Waals surface area contributed by atoms with Crippen molar-refractivity contribution in [3.63, 3.8) is 0 Å². The fourth-order valence-electron chi connectivity index (χ4n) is 2.64. The molecule has 1 unspecified atom stereocenters. The Hall–Kier alpha value is -1.82. The molecule has 0 radical (unpaired) electrons. The lowest BCUT2D eigenvalue weighted by Gasteiger charge is -2.25. The van der Waals surface area contributed by atoms with Crippen LogP contribution in [-0.4, -0.2) is 40.8 Å². The predicted octanol–water partition coefficient (Wildman–Crippen LogP) is 0.872. The molecule has 1 heterocycles. The highest BCUT2D eigenvalue weighted by molar-refractivity contribution is 6.01. The standard InChI is InChI=1S/C14H22N4O2/c1-9(19)8-18(2)14-11(13(15)17-20)7-10-5-3-4-6-12(10)16-14/h7,9,19-20H,3-6,8H2,1-2H3,(H2,15,17). The summed E-state index contributed by atoms with van der Waals surface area (Å²) in [6.45, 7) is 2.16. The molecule has 4 N–H and O–H groups in total. The molecule has 0 bridgehead atoms.